The van der Waals surface area contributed by atoms with Crippen LogP contribution in [0.1, 0.15) is 28.2 Å². The minimum Gasteiger partial charge on any atom is -0.493 e. The Morgan fingerprint density at radius 3 is 2.26 bits per heavy atom. The van der Waals surface area contributed by atoms with E-state index in [1.807, 2.05) is 48.5 Å². The van der Waals surface area contributed by atoms with Gasteiger partial charge in [0.15, 0.2) is 11.5 Å². The summed E-state index contributed by atoms with van der Waals surface area (Å²) in [5, 5.41) is 9.88. The lowest BCUT2D eigenvalue weighted by molar-refractivity contribution is 0.355. The third-order valence-corrected chi connectivity index (χ3v) is 5.38. The summed E-state index contributed by atoms with van der Waals surface area (Å²) in [6.45, 7) is 0. The molecule has 0 N–H and O–H groups in total. The van der Waals surface area contributed by atoms with E-state index in [0.29, 0.717) is 29.1 Å². The summed E-state index contributed by atoms with van der Waals surface area (Å²) in [6.07, 6.45) is 0.655. The van der Waals surface area contributed by atoms with Crippen molar-refractivity contribution in [1.82, 2.24) is 0 Å². The van der Waals surface area contributed by atoms with E-state index >= 15 is 0 Å². The van der Waals surface area contributed by atoms with Crippen molar-refractivity contribution in [3.05, 3.63) is 105 Å². The number of benzene rings is 3. The van der Waals surface area contributed by atoms with E-state index in [1.54, 1.807) is 26.4 Å². The van der Waals surface area contributed by atoms with Crippen LogP contribution in [0.4, 0.5) is 0 Å². The average molecular weight is 411 g/mol. The first-order chi connectivity index (χ1) is 15.1. The van der Waals surface area contributed by atoms with Crippen LogP contribution in [0, 0.1) is 11.3 Å². The van der Waals surface area contributed by atoms with Crippen molar-refractivity contribution in [1.29, 1.82) is 5.26 Å². The first kappa shape index (κ1) is 20.2. The van der Waals surface area contributed by atoms with Gasteiger partial charge >= 0.3 is 5.63 Å². The molecule has 3 aromatic carbocycles. The van der Waals surface area contributed by atoms with E-state index in [1.165, 1.54) is 0 Å². The van der Waals surface area contributed by atoms with Gasteiger partial charge in [-0.2, -0.15) is 5.26 Å². The normalized spacial score (nSPS) is 11.6. The summed E-state index contributed by atoms with van der Waals surface area (Å²) in [5.74, 6) is 0.966. The van der Waals surface area contributed by atoms with Gasteiger partial charge in [-0.05, 0) is 41.3 Å². The molecule has 0 amide bonds. The van der Waals surface area contributed by atoms with Gasteiger partial charge in [-0.3, -0.25) is 0 Å². The first-order valence-electron chi connectivity index (χ1n) is 9.86. The topological polar surface area (TPSA) is 72.5 Å². The zero-order valence-electron chi connectivity index (χ0n) is 17.3. The Labute approximate surface area is 180 Å². The molecule has 5 nitrogen and oxygen atoms in total. The molecule has 5 heteroatoms. The molecule has 1 unspecified atom stereocenters. The van der Waals surface area contributed by atoms with Crippen LogP contribution in [0.25, 0.3) is 11.0 Å². The van der Waals surface area contributed by atoms with Crippen LogP contribution in [0.15, 0.2) is 82.0 Å². The lowest BCUT2D eigenvalue weighted by Gasteiger charge is -2.20. The monoisotopic (exact) mass is 411 g/mol. The number of hydrogen-bond donors (Lipinski definition) is 0. The Morgan fingerprint density at radius 1 is 0.935 bits per heavy atom. The molecule has 4 aromatic rings. The van der Waals surface area contributed by atoms with Gasteiger partial charge in [-0.15, -0.1) is 0 Å². The van der Waals surface area contributed by atoms with E-state index in [0.717, 1.165) is 22.1 Å². The van der Waals surface area contributed by atoms with Crippen LogP contribution < -0.4 is 15.1 Å². The molecule has 0 bridgehead atoms. The summed E-state index contributed by atoms with van der Waals surface area (Å²) in [6, 6.07) is 24.8. The van der Waals surface area contributed by atoms with E-state index in [4.69, 9.17) is 19.2 Å². The minimum absolute atomic E-state index is 0.0983. The van der Waals surface area contributed by atoms with E-state index in [-0.39, 0.29) is 5.92 Å². The molecule has 1 aromatic heterocycles. The second kappa shape index (κ2) is 8.76. The fraction of sp³-hybridized carbons (Fsp3) is 0.154. The van der Waals surface area contributed by atoms with Gasteiger partial charge in [0.1, 0.15) is 5.58 Å². The number of ether oxygens (including phenoxy) is 2. The third kappa shape index (κ3) is 4.15. The highest BCUT2D eigenvalue weighted by Gasteiger charge is 2.21. The maximum Gasteiger partial charge on any atom is 0.336 e. The molecule has 1 atom stereocenters. The Hall–Kier alpha value is -4.04. The molecule has 0 aliphatic heterocycles. The number of fused-ring (bicyclic) bond motifs is 1. The van der Waals surface area contributed by atoms with Crippen LogP contribution in [0.5, 0.6) is 11.5 Å². The predicted octanol–water partition coefficient (Wildman–Crippen LogP) is 5.06. The molecule has 154 valence electrons. The van der Waals surface area contributed by atoms with Gasteiger partial charge in [0.25, 0.3) is 0 Å². The third-order valence-electron chi connectivity index (χ3n) is 5.38. The minimum atomic E-state index is -0.421. The molecule has 0 fully saturated rings. The lowest BCUT2D eigenvalue weighted by Crippen LogP contribution is -2.10. The Balaban J connectivity index is 1.91. The van der Waals surface area contributed by atoms with Crippen LogP contribution in [0.3, 0.4) is 0 Å². The van der Waals surface area contributed by atoms with Crippen molar-refractivity contribution in [2.75, 3.05) is 14.2 Å². The maximum absolute atomic E-state index is 12.5. The summed E-state index contributed by atoms with van der Waals surface area (Å²) < 4.78 is 16.3. The predicted molar refractivity (Wildman–Crippen MR) is 119 cm³/mol. The van der Waals surface area contributed by atoms with Crippen molar-refractivity contribution < 1.29 is 13.9 Å². The van der Waals surface area contributed by atoms with Crippen LogP contribution >= 0.6 is 0 Å². The number of hydrogen-bond acceptors (Lipinski definition) is 5. The molecule has 0 saturated carbocycles. The fourth-order valence-corrected chi connectivity index (χ4v) is 3.85. The Morgan fingerprint density at radius 2 is 1.61 bits per heavy atom. The maximum atomic E-state index is 12.5. The molecule has 4 rings (SSSR count). The van der Waals surface area contributed by atoms with Crippen LogP contribution in [-0.2, 0) is 6.42 Å². The SMILES string of the molecule is COc1cc2oc(=O)cc(C(Cc3ccc(C#N)cc3)c3ccccc3)c2cc1OC. The lowest BCUT2D eigenvalue weighted by atomic mass is 9.84. The molecular formula is C26H21NO4. The van der Waals surface area contributed by atoms with Gasteiger partial charge in [0.2, 0.25) is 0 Å². The zero-order chi connectivity index (χ0) is 21.8. The fourth-order valence-electron chi connectivity index (χ4n) is 3.85. The number of nitrogens with zero attached hydrogens (tertiary/aromatic N) is 1. The summed E-state index contributed by atoms with van der Waals surface area (Å²) >= 11 is 0. The largest absolute Gasteiger partial charge is 0.493 e. The molecule has 0 aliphatic carbocycles. The average Bonchev–Trinajstić information content (AvgIpc) is 2.82. The van der Waals surface area contributed by atoms with Crippen LogP contribution in [0.2, 0.25) is 0 Å². The second-order valence-electron chi connectivity index (χ2n) is 7.20. The molecule has 1 heterocycles. The summed E-state index contributed by atoms with van der Waals surface area (Å²) in [7, 11) is 3.12. The van der Waals surface area contributed by atoms with E-state index < -0.39 is 5.63 Å². The molecule has 0 saturated heterocycles. The molecule has 0 spiro atoms. The summed E-state index contributed by atoms with van der Waals surface area (Å²) in [4.78, 5) is 12.5. The van der Waals surface area contributed by atoms with Gasteiger partial charge in [0, 0.05) is 23.4 Å². The molecular weight excluding hydrogens is 390 g/mol. The quantitative estimate of drug-likeness (QED) is 0.415. The van der Waals surface area contributed by atoms with Gasteiger partial charge < -0.3 is 13.9 Å². The van der Waals surface area contributed by atoms with E-state index in [9.17, 15) is 4.79 Å². The Kier molecular flexibility index (Phi) is 5.72. The van der Waals surface area contributed by atoms with Crippen molar-refractivity contribution in [2.24, 2.45) is 0 Å². The van der Waals surface area contributed by atoms with E-state index in [2.05, 4.69) is 18.2 Å². The van der Waals surface area contributed by atoms with Crippen molar-refractivity contribution in [3.8, 4) is 17.6 Å². The molecule has 0 aliphatic rings. The standard InChI is InChI=1S/C26H21NO4/c1-29-24-13-22-21(14-26(28)31-23(22)15-25(24)30-2)20(19-6-4-3-5-7-19)12-17-8-10-18(16-27)11-9-17/h3-11,13-15,20H,12H2,1-2H3. The highest BCUT2D eigenvalue weighted by atomic mass is 16.5. The van der Waals surface area contributed by atoms with Gasteiger partial charge in [-0.25, -0.2) is 4.79 Å². The number of rotatable bonds is 6. The number of nitriles is 1. The van der Waals surface area contributed by atoms with Gasteiger partial charge in [-0.1, -0.05) is 42.5 Å². The zero-order valence-corrected chi connectivity index (χ0v) is 17.3. The van der Waals surface area contributed by atoms with Crippen molar-refractivity contribution in [2.45, 2.75) is 12.3 Å². The van der Waals surface area contributed by atoms with Crippen molar-refractivity contribution in [3.63, 3.8) is 0 Å². The molecule has 0 radical (unpaired) electrons. The van der Waals surface area contributed by atoms with Gasteiger partial charge in [0.05, 0.1) is 25.9 Å². The highest BCUT2D eigenvalue weighted by molar-refractivity contribution is 5.85. The van der Waals surface area contributed by atoms with Crippen LogP contribution in [-0.4, -0.2) is 14.2 Å². The Bertz CT molecular complexity index is 1300. The number of methoxy groups -OCH3 is 2. The molecule has 31 heavy (non-hydrogen) atoms. The first-order valence-corrected chi connectivity index (χ1v) is 9.86. The smallest absolute Gasteiger partial charge is 0.336 e. The second-order valence-corrected chi connectivity index (χ2v) is 7.20. The van der Waals surface area contributed by atoms with Crippen molar-refractivity contribution >= 4 is 11.0 Å². The summed E-state index contributed by atoms with van der Waals surface area (Å²) in [5.41, 5.74) is 3.63. The highest BCUT2D eigenvalue weighted by Crippen LogP contribution is 2.38.